The van der Waals surface area contributed by atoms with E-state index in [0.29, 0.717) is 24.3 Å². The molecule has 0 aliphatic heterocycles. The number of hydrogen-bond acceptors (Lipinski definition) is 5. The normalized spacial score (nSPS) is 11.8. The van der Waals surface area contributed by atoms with Gasteiger partial charge in [-0.1, -0.05) is 65.5 Å². The molecule has 6 nitrogen and oxygen atoms in total. The fourth-order valence-corrected chi connectivity index (χ4v) is 4.21. The maximum atomic E-state index is 12.2. The average Bonchev–Trinajstić information content (AvgIpc) is 3.50. The standard InChI is InChI=1S/C28H22N2O4/c31-26-13-12-19(17-24(26)27-14-16-30-34-27)7-5-6-15-29-28(32)33-18-25-22-10-3-1-8-20(22)21-9-2-4-11-23(21)25/h1-4,8-14,16-17,25,31H,6,15,18H2,(H,29,32). The fourth-order valence-electron chi connectivity index (χ4n) is 4.21. The van der Waals surface area contributed by atoms with E-state index in [2.05, 4.69) is 46.6 Å². The van der Waals surface area contributed by atoms with Crippen molar-refractivity contribution in [1.82, 2.24) is 10.5 Å². The summed E-state index contributed by atoms with van der Waals surface area (Å²) in [7, 11) is 0. The van der Waals surface area contributed by atoms with Crippen LogP contribution in [-0.2, 0) is 4.74 Å². The number of fused-ring (bicyclic) bond motifs is 3. The Balaban J connectivity index is 1.13. The summed E-state index contributed by atoms with van der Waals surface area (Å²) in [5.41, 5.74) is 6.01. The highest BCUT2D eigenvalue weighted by Gasteiger charge is 2.28. The predicted octanol–water partition coefficient (Wildman–Crippen LogP) is 5.33. The quantitative estimate of drug-likeness (QED) is 0.317. The van der Waals surface area contributed by atoms with Crippen molar-refractivity contribution in [3.05, 3.63) is 95.7 Å². The van der Waals surface area contributed by atoms with E-state index in [9.17, 15) is 9.90 Å². The highest BCUT2D eigenvalue weighted by Crippen LogP contribution is 2.44. The van der Waals surface area contributed by atoms with E-state index in [1.54, 1.807) is 24.3 Å². The van der Waals surface area contributed by atoms with Gasteiger partial charge < -0.3 is 19.7 Å². The molecule has 1 amide bonds. The van der Waals surface area contributed by atoms with Gasteiger partial charge in [0.15, 0.2) is 5.76 Å². The third kappa shape index (κ3) is 4.37. The predicted molar refractivity (Wildman–Crippen MR) is 128 cm³/mol. The molecule has 1 heterocycles. The van der Waals surface area contributed by atoms with Gasteiger partial charge >= 0.3 is 6.09 Å². The number of phenols is 1. The van der Waals surface area contributed by atoms with Crippen molar-refractivity contribution in [2.45, 2.75) is 12.3 Å². The number of carbonyl (C=O) groups is 1. The average molecular weight is 450 g/mol. The van der Waals surface area contributed by atoms with Gasteiger partial charge in [-0.15, -0.1) is 0 Å². The van der Waals surface area contributed by atoms with Crippen molar-refractivity contribution in [2.24, 2.45) is 0 Å². The van der Waals surface area contributed by atoms with Crippen LogP contribution >= 0.6 is 0 Å². The van der Waals surface area contributed by atoms with E-state index in [-0.39, 0.29) is 18.3 Å². The van der Waals surface area contributed by atoms with Crippen LogP contribution < -0.4 is 5.32 Å². The Morgan fingerprint density at radius 2 is 1.74 bits per heavy atom. The summed E-state index contributed by atoms with van der Waals surface area (Å²) in [5, 5.41) is 16.4. The molecule has 0 fully saturated rings. The summed E-state index contributed by atoms with van der Waals surface area (Å²) in [6.07, 6.45) is 1.52. The zero-order valence-corrected chi connectivity index (χ0v) is 18.3. The van der Waals surface area contributed by atoms with Crippen molar-refractivity contribution in [2.75, 3.05) is 13.2 Å². The number of aromatic hydroxyl groups is 1. The first kappa shape index (κ1) is 21.4. The maximum Gasteiger partial charge on any atom is 0.407 e. The smallest absolute Gasteiger partial charge is 0.407 e. The number of phenolic OH excluding ortho intramolecular Hbond substituents is 1. The van der Waals surface area contributed by atoms with Gasteiger partial charge in [-0.25, -0.2) is 4.79 Å². The lowest BCUT2D eigenvalue weighted by Gasteiger charge is -2.14. The molecule has 0 saturated heterocycles. The second-order valence-electron chi connectivity index (χ2n) is 7.91. The minimum absolute atomic E-state index is 0.0333. The SMILES string of the molecule is O=C(NCCC#Cc1ccc(O)c(-c2ccno2)c1)OCC1c2ccccc2-c2ccccc21. The Labute approximate surface area is 197 Å². The van der Waals surface area contributed by atoms with Gasteiger partial charge in [0, 0.05) is 30.5 Å². The molecule has 0 atom stereocenters. The molecule has 168 valence electrons. The number of benzene rings is 3. The van der Waals surface area contributed by atoms with Crippen LogP contribution in [0.4, 0.5) is 4.79 Å². The Kier molecular flexibility index (Phi) is 6.00. The van der Waals surface area contributed by atoms with E-state index in [1.165, 1.54) is 28.5 Å². The molecule has 1 aromatic heterocycles. The Morgan fingerprint density at radius 3 is 2.44 bits per heavy atom. The molecule has 0 spiro atoms. The third-order valence-electron chi connectivity index (χ3n) is 5.80. The summed E-state index contributed by atoms with van der Waals surface area (Å²) in [6, 6.07) is 23.2. The molecule has 34 heavy (non-hydrogen) atoms. The van der Waals surface area contributed by atoms with E-state index >= 15 is 0 Å². The first-order chi connectivity index (χ1) is 16.7. The van der Waals surface area contributed by atoms with Crippen LogP contribution in [0, 0.1) is 11.8 Å². The van der Waals surface area contributed by atoms with Crippen LogP contribution in [0.2, 0.25) is 0 Å². The van der Waals surface area contributed by atoms with Crippen molar-refractivity contribution >= 4 is 6.09 Å². The molecule has 1 aliphatic carbocycles. The summed E-state index contributed by atoms with van der Waals surface area (Å²) in [5.74, 6) is 6.66. The monoisotopic (exact) mass is 450 g/mol. The minimum Gasteiger partial charge on any atom is -0.507 e. The lowest BCUT2D eigenvalue weighted by molar-refractivity contribution is 0.143. The Hall–Kier alpha value is -4.50. The van der Waals surface area contributed by atoms with E-state index in [4.69, 9.17) is 9.26 Å². The van der Waals surface area contributed by atoms with Gasteiger partial charge in [0.05, 0.1) is 11.8 Å². The largest absolute Gasteiger partial charge is 0.507 e. The van der Waals surface area contributed by atoms with E-state index in [1.807, 2.05) is 24.3 Å². The highest BCUT2D eigenvalue weighted by molar-refractivity contribution is 5.79. The van der Waals surface area contributed by atoms with E-state index in [0.717, 1.165) is 5.56 Å². The number of hydrogen-bond donors (Lipinski definition) is 2. The number of aromatic nitrogens is 1. The van der Waals surface area contributed by atoms with Crippen molar-refractivity contribution in [3.63, 3.8) is 0 Å². The van der Waals surface area contributed by atoms with E-state index < -0.39 is 6.09 Å². The van der Waals surface area contributed by atoms with Crippen LogP contribution in [0.5, 0.6) is 5.75 Å². The second-order valence-corrected chi connectivity index (χ2v) is 7.91. The van der Waals surface area contributed by atoms with Gasteiger partial charge in [-0.05, 0) is 40.5 Å². The van der Waals surface area contributed by atoms with Gasteiger partial charge in [0.2, 0.25) is 0 Å². The first-order valence-electron chi connectivity index (χ1n) is 11.0. The molecule has 0 unspecified atom stereocenters. The molecular weight excluding hydrogens is 428 g/mol. The number of alkyl carbamates (subject to hydrolysis) is 1. The lowest BCUT2D eigenvalue weighted by Crippen LogP contribution is -2.26. The molecule has 6 heteroatoms. The summed E-state index contributed by atoms with van der Waals surface area (Å²) in [4.78, 5) is 12.2. The van der Waals surface area contributed by atoms with Crippen LogP contribution in [0.1, 0.15) is 29.0 Å². The van der Waals surface area contributed by atoms with Gasteiger partial charge in [0.1, 0.15) is 12.4 Å². The molecule has 2 N–H and O–H groups in total. The van der Waals surface area contributed by atoms with Crippen molar-refractivity contribution in [3.8, 4) is 40.0 Å². The van der Waals surface area contributed by atoms with Crippen LogP contribution in [-0.4, -0.2) is 29.5 Å². The highest BCUT2D eigenvalue weighted by atomic mass is 16.5. The summed E-state index contributed by atoms with van der Waals surface area (Å²) in [6.45, 7) is 0.653. The molecular formula is C28H22N2O4. The number of rotatable bonds is 5. The van der Waals surface area contributed by atoms with Crippen LogP contribution in [0.25, 0.3) is 22.5 Å². The number of ether oxygens (including phenoxy) is 1. The first-order valence-corrected chi connectivity index (χ1v) is 11.0. The van der Waals surface area contributed by atoms with Crippen molar-refractivity contribution in [1.29, 1.82) is 0 Å². The maximum absolute atomic E-state index is 12.2. The zero-order chi connectivity index (χ0) is 23.3. The Morgan fingerprint density at radius 1 is 1.00 bits per heavy atom. The molecule has 1 aliphatic rings. The lowest BCUT2D eigenvalue weighted by atomic mass is 9.98. The zero-order valence-electron chi connectivity index (χ0n) is 18.3. The fraction of sp³-hybridized carbons (Fsp3) is 0.143. The number of nitrogens with zero attached hydrogens (tertiary/aromatic N) is 1. The second kappa shape index (κ2) is 9.55. The molecule has 4 aromatic rings. The summed E-state index contributed by atoms with van der Waals surface area (Å²) < 4.78 is 10.6. The molecule has 0 saturated carbocycles. The van der Waals surface area contributed by atoms with Crippen molar-refractivity contribution < 1.29 is 19.2 Å². The third-order valence-corrected chi connectivity index (χ3v) is 5.80. The molecule has 3 aromatic carbocycles. The van der Waals surface area contributed by atoms with Gasteiger partial charge in [-0.2, -0.15) is 0 Å². The van der Waals surface area contributed by atoms with Crippen LogP contribution in [0.3, 0.4) is 0 Å². The molecule has 0 bridgehead atoms. The molecule has 5 rings (SSSR count). The number of nitrogens with one attached hydrogen (secondary N) is 1. The Bertz CT molecular complexity index is 1340. The number of carbonyl (C=O) groups excluding carboxylic acids is 1. The minimum atomic E-state index is -0.457. The summed E-state index contributed by atoms with van der Waals surface area (Å²) >= 11 is 0. The van der Waals surface area contributed by atoms with Gasteiger partial charge in [-0.3, -0.25) is 0 Å². The van der Waals surface area contributed by atoms with Crippen LogP contribution in [0.15, 0.2) is 83.5 Å². The molecule has 0 radical (unpaired) electrons. The number of amides is 1. The van der Waals surface area contributed by atoms with Gasteiger partial charge in [0.25, 0.3) is 0 Å². The topological polar surface area (TPSA) is 84.6 Å².